The van der Waals surface area contributed by atoms with E-state index in [4.69, 9.17) is 4.74 Å². The van der Waals surface area contributed by atoms with E-state index >= 15 is 0 Å². The van der Waals surface area contributed by atoms with Crippen molar-refractivity contribution >= 4 is 29.1 Å². The molecule has 7 heteroatoms. The van der Waals surface area contributed by atoms with Gasteiger partial charge in [0.1, 0.15) is 11.6 Å². The fourth-order valence-electron chi connectivity index (χ4n) is 2.37. The highest BCUT2D eigenvalue weighted by molar-refractivity contribution is 5.89. The first-order valence-electron chi connectivity index (χ1n) is 8.46. The van der Waals surface area contributed by atoms with E-state index in [0.717, 1.165) is 17.1 Å². The lowest BCUT2D eigenvalue weighted by Gasteiger charge is -2.09. The van der Waals surface area contributed by atoms with Crippen molar-refractivity contribution in [3.8, 4) is 5.75 Å². The van der Waals surface area contributed by atoms with Crippen molar-refractivity contribution in [3.05, 3.63) is 66.4 Å². The van der Waals surface area contributed by atoms with Gasteiger partial charge in [-0.2, -0.15) is 4.98 Å². The number of rotatable bonds is 7. The van der Waals surface area contributed by atoms with E-state index < -0.39 is 0 Å². The monoisotopic (exact) mass is 364 g/mol. The summed E-state index contributed by atoms with van der Waals surface area (Å²) in [6, 6.07) is 16.3. The lowest BCUT2D eigenvalue weighted by atomic mass is 10.2. The van der Waals surface area contributed by atoms with Crippen LogP contribution < -0.4 is 15.4 Å². The van der Waals surface area contributed by atoms with Crippen molar-refractivity contribution in [1.29, 1.82) is 0 Å². The Morgan fingerprint density at radius 3 is 2.30 bits per heavy atom. The third-order valence-electron chi connectivity index (χ3n) is 3.66. The number of esters is 1. The van der Waals surface area contributed by atoms with Crippen LogP contribution in [0.4, 0.5) is 23.1 Å². The fourth-order valence-corrected chi connectivity index (χ4v) is 2.37. The van der Waals surface area contributed by atoms with Crippen LogP contribution in [0.25, 0.3) is 0 Å². The smallest absolute Gasteiger partial charge is 0.337 e. The molecule has 2 aromatic carbocycles. The van der Waals surface area contributed by atoms with Gasteiger partial charge in [0.2, 0.25) is 5.95 Å². The van der Waals surface area contributed by atoms with E-state index in [9.17, 15) is 4.79 Å². The van der Waals surface area contributed by atoms with Crippen LogP contribution >= 0.6 is 0 Å². The highest BCUT2D eigenvalue weighted by Gasteiger charge is 2.06. The van der Waals surface area contributed by atoms with Gasteiger partial charge in [-0.15, -0.1) is 0 Å². The third-order valence-corrected chi connectivity index (χ3v) is 3.66. The summed E-state index contributed by atoms with van der Waals surface area (Å²) in [5.41, 5.74) is 2.14. The molecule has 0 aliphatic carbocycles. The molecule has 138 valence electrons. The summed E-state index contributed by atoms with van der Waals surface area (Å²) in [5, 5.41) is 6.33. The Bertz CT molecular complexity index is 896. The molecule has 2 N–H and O–H groups in total. The maximum absolute atomic E-state index is 11.5. The van der Waals surface area contributed by atoms with Crippen LogP contribution in [-0.2, 0) is 4.74 Å². The summed E-state index contributed by atoms with van der Waals surface area (Å²) in [5.74, 6) is 1.54. The number of ether oxygens (including phenoxy) is 2. The number of carbonyl (C=O) groups excluding carboxylic acids is 1. The quantitative estimate of drug-likeness (QED) is 0.609. The summed E-state index contributed by atoms with van der Waals surface area (Å²) in [6.45, 7) is 2.58. The zero-order valence-electron chi connectivity index (χ0n) is 15.1. The van der Waals surface area contributed by atoms with Gasteiger partial charge in [-0.05, 0) is 61.5 Å². The minimum atomic E-state index is -0.376. The lowest BCUT2D eigenvalue weighted by molar-refractivity contribution is 0.0601. The van der Waals surface area contributed by atoms with Crippen molar-refractivity contribution < 1.29 is 14.3 Å². The standard InChI is InChI=1S/C20H20N4O3/c1-3-27-17-10-8-15(9-11-17)22-18-12-13-21-20(24-18)23-16-6-4-14(5-7-16)19(25)26-2/h4-13H,3H2,1-2H3,(H2,21,22,23,24). The van der Waals surface area contributed by atoms with E-state index in [0.29, 0.717) is 23.9 Å². The Labute approximate surface area is 157 Å². The molecular weight excluding hydrogens is 344 g/mol. The van der Waals surface area contributed by atoms with Gasteiger partial charge in [-0.3, -0.25) is 0 Å². The number of benzene rings is 2. The molecule has 0 atom stereocenters. The molecule has 0 saturated carbocycles. The van der Waals surface area contributed by atoms with Crippen molar-refractivity contribution in [1.82, 2.24) is 9.97 Å². The molecule has 0 aliphatic heterocycles. The van der Waals surface area contributed by atoms with Crippen molar-refractivity contribution in [2.45, 2.75) is 6.92 Å². The predicted octanol–water partition coefficient (Wildman–Crippen LogP) is 4.15. The Hall–Kier alpha value is -3.61. The molecule has 0 amide bonds. The average molecular weight is 364 g/mol. The molecule has 7 nitrogen and oxygen atoms in total. The Morgan fingerprint density at radius 1 is 0.963 bits per heavy atom. The van der Waals surface area contributed by atoms with Gasteiger partial charge in [0.25, 0.3) is 0 Å². The van der Waals surface area contributed by atoms with E-state index in [2.05, 4.69) is 25.3 Å². The molecule has 0 bridgehead atoms. The van der Waals surface area contributed by atoms with E-state index in [1.807, 2.05) is 31.2 Å². The summed E-state index contributed by atoms with van der Waals surface area (Å²) >= 11 is 0. The first-order chi connectivity index (χ1) is 13.2. The molecule has 3 aromatic rings. The highest BCUT2D eigenvalue weighted by atomic mass is 16.5. The van der Waals surface area contributed by atoms with Gasteiger partial charge < -0.3 is 20.1 Å². The topological polar surface area (TPSA) is 85.4 Å². The maximum Gasteiger partial charge on any atom is 0.337 e. The van der Waals surface area contributed by atoms with Crippen molar-refractivity contribution in [2.24, 2.45) is 0 Å². The molecule has 3 rings (SSSR count). The van der Waals surface area contributed by atoms with Crippen molar-refractivity contribution in [3.63, 3.8) is 0 Å². The summed E-state index contributed by atoms with van der Waals surface area (Å²) in [4.78, 5) is 20.1. The molecule has 0 saturated heterocycles. The van der Waals surface area contributed by atoms with Crippen LogP contribution in [-0.4, -0.2) is 29.7 Å². The van der Waals surface area contributed by atoms with Gasteiger partial charge in [0.05, 0.1) is 19.3 Å². The molecule has 0 fully saturated rings. The van der Waals surface area contributed by atoms with Crippen molar-refractivity contribution in [2.75, 3.05) is 24.4 Å². The molecule has 0 spiro atoms. The normalized spacial score (nSPS) is 10.1. The lowest BCUT2D eigenvalue weighted by Crippen LogP contribution is -2.02. The summed E-state index contributed by atoms with van der Waals surface area (Å²) in [6.07, 6.45) is 1.66. The number of nitrogens with zero attached hydrogens (tertiary/aromatic N) is 2. The minimum absolute atomic E-state index is 0.376. The summed E-state index contributed by atoms with van der Waals surface area (Å²) in [7, 11) is 1.35. The zero-order valence-corrected chi connectivity index (χ0v) is 15.1. The second-order valence-corrected chi connectivity index (χ2v) is 5.54. The Morgan fingerprint density at radius 2 is 1.63 bits per heavy atom. The van der Waals surface area contributed by atoms with Crippen LogP contribution in [0.5, 0.6) is 5.75 Å². The van der Waals surface area contributed by atoms with E-state index in [1.165, 1.54) is 7.11 Å². The maximum atomic E-state index is 11.5. The third kappa shape index (κ3) is 4.94. The van der Waals surface area contributed by atoms with Gasteiger partial charge in [0, 0.05) is 17.6 Å². The number of methoxy groups -OCH3 is 1. The number of carbonyl (C=O) groups is 1. The van der Waals surface area contributed by atoms with Crippen LogP contribution in [0, 0.1) is 0 Å². The van der Waals surface area contributed by atoms with Crippen LogP contribution in [0.15, 0.2) is 60.8 Å². The van der Waals surface area contributed by atoms with Crippen LogP contribution in [0.3, 0.4) is 0 Å². The number of hydrogen-bond donors (Lipinski definition) is 2. The molecule has 0 radical (unpaired) electrons. The van der Waals surface area contributed by atoms with Gasteiger partial charge in [-0.1, -0.05) is 0 Å². The largest absolute Gasteiger partial charge is 0.494 e. The zero-order chi connectivity index (χ0) is 19.1. The molecule has 27 heavy (non-hydrogen) atoms. The molecule has 1 heterocycles. The number of aromatic nitrogens is 2. The first-order valence-corrected chi connectivity index (χ1v) is 8.46. The summed E-state index contributed by atoms with van der Waals surface area (Å²) < 4.78 is 10.1. The number of nitrogens with one attached hydrogen (secondary N) is 2. The first kappa shape index (κ1) is 18.2. The van der Waals surface area contributed by atoms with E-state index in [1.54, 1.807) is 36.5 Å². The Balaban J connectivity index is 1.67. The number of anilines is 4. The van der Waals surface area contributed by atoms with Crippen LogP contribution in [0.1, 0.15) is 17.3 Å². The second kappa shape index (κ2) is 8.66. The van der Waals surface area contributed by atoms with Crippen LogP contribution in [0.2, 0.25) is 0 Å². The number of hydrogen-bond acceptors (Lipinski definition) is 7. The average Bonchev–Trinajstić information content (AvgIpc) is 2.70. The highest BCUT2D eigenvalue weighted by Crippen LogP contribution is 2.20. The molecule has 0 unspecified atom stereocenters. The molecule has 0 aliphatic rings. The second-order valence-electron chi connectivity index (χ2n) is 5.54. The van der Waals surface area contributed by atoms with Gasteiger partial charge in [0.15, 0.2) is 0 Å². The fraction of sp³-hybridized carbons (Fsp3) is 0.150. The van der Waals surface area contributed by atoms with E-state index in [-0.39, 0.29) is 5.97 Å². The molecule has 1 aromatic heterocycles. The minimum Gasteiger partial charge on any atom is -0.494 e. The SMILES string of the molecule is CCOc1ccc(Nc2ccnc(Nc3ccc(C(=O)OC)cc3)n2)cc1. The Kier molecular flexibility index (Phi) is 5.84. The van der Waals surface area contributed by atoms with Gasteiger partial charge >= 0.3 is 5.97 Å². The van der Waals surface area contributed by atoms with Gasteiger partial charge in [-0.25, -0.2) is 9.78 Å². The predicted molar refractivity (Wildman–Crippen MR) is 104 cm³/mol. The molecular formula is C20H20N4O3.